The Bertz CT molecular complexity index is 675. The second kappa shape index (κ2) is 6.31. The van der Waals surface area contributed by atoms with Crippen molar-refractivity contribution in [2.45, 2.75) is 83.3 Å². The third kappa shape index (κ3) is 3.41. The monoisotopic (exact) mass is 346 g/mol. The lowest BCUT2D eigenvalue weighted by atomic mass is 9.62. The van der Waals surface area contributed by atoms with Gasteiger partial charge in [-0.05, 0) is 57.7 Å². The smallest absolute Gasteiger partial charge is 0.143 e. The lowest BCUT2D eigenvalue weighted by Crippen LogP contribution is -2.54. The van der Waals surface area contributed by atoms with Crippen LogP contribution in [0.1, 0.15) is 76.8 Å². The third-order valence-corrected chi connectivity index (χ3v) is 5.71. The summed E-state index contributed by atoms with van der Waals surface area (Å²) in [6.07, 6.45) is 4.91. The molecule has 3 rings (SSSR count). The molecule has 0 saturated heterocycles. The lowest BCUT2D eigenvalue weighted by Gasteiger charge is -2.49. The van der Waals surface area contributed by atoms with Gasteiger partial charge in [0.05, 0.1) is 11.5 Å². The Morgan fingerprint density at radius 2 is 1.96 bits per heavy atom. The average Bonchev–Trinajstić information content (AvgIpc) is 2.43. The number of rotatable bonds is 4. The summed E-state index contributed by atoms with van der Waals surface area (Å²) >= 11 is 0. The molecule has 1 aromatic rings. The number of carbonyl (C=O) groups is 1. The van der Waals surface area contributed by atoms with E-state index in [1.807, 2.05) is 19.9 Å². The molecule has 0 radical (unpaired) electrons. The van der Waals surface area contributed by atoms with E-state index in [0.717, 1.165) is 31.2 Å². The molecule has 1 fully saturated rings. The van der Waals surface area contributed by atoms with Crippen molar-refractivity contribution in [3.63, 3.8) is 0 Å². The number of unbranched alkanes of at least 4 members (excludes halogenated alkanes) is 2. The molecule has 1 aliphatic heterocycles. The molecule has 1 aromatic carbocycles. The summed E-state index contributed by atoms with van der Waals surface area (Å²) in [6.45, 7) is 7.75. The fourth-order valence-electron chi connectivity index (χ4n) is 4.71. The first-order valence-electron chi connectivity index (χ1n) is 9.44. The average molecular weight is 346 g/mol. The Labute approximate surface area is 150 Å². The molecule has 0 bridgehead atoms. The number of hydrogen-bond donors (Lipinski definition) is 2. The molecule has 4 heteroatoms. The third-order valence-electron chi connectivity index (χ3n) is 5.71. The van der Waals surface area contributed by atoms with E-state index in [0.29, 0.717) is 17.7 Å². The van der Waals surface area contributed by atoms with Crippen molar-refractivity contribution >= 4 is 5.78 Å². The first kappa shape index (κ1) is 18.2. The van der Waals surface area contributed by atoms with Crippen molar-refractivity contribution in [1.29, 1.82) is 0 Å². The van der Waals surface area contributed by atoms with Gasteiger partial charge in [-0.2, -0.15) is 0 Å². The maximum atomic E-state index is 12.7. The van der Waals surface area contributed by atoms with Crippen LogP contribution in [0.2, 0.25) is 0 Å². The van der Waals surface area contributed by atoms with E-state index in [1.54, 1.807) is 13.0 Å². The highest BCUT2D eigenvalue weighted by atomic mass is 16.5. The van der Waals surface area contributed by atoms with Crippen LogP contribution in [-0.2, 0) is 11.2 Å². The Kier molecular flexibility index (Phi) is 4.61. The highest BCUT2D eigenvalue weighted by Gasteiger charge is 2.54. The molecule has 2 N–H and O–H groups in total. The molecule has 1 aliphatic carbocycles. The van der Waals surface area contributed by atoms with Gasteiger partial charge in [0.25, 0.3) is 0 Å². The van der Waals surface area contributed by atoms with E-state index in [4.69, 9.17) is 4.74 Å². The first-order valence-corrected chi connectivity index (χ1v) is 9.44. The number of ether oxygens (including phenoxy) is 1. The van der Waals surface area contributed by atoms with Gasteiger partial charge in [0.1, 0.15) is 22.9 Å². The summed E-state index contributed by atoms with van der Waals surface area (Å²) < 4.78 is 6.19. The standard InChI is InChI=1S/C21H30O4/c1-5-6-7-8-13-9-15(22)18-14-11-21(4,24)12-16(23)19(14)20(2,3)25-17(18)10-13/h9-10,14,19,22,24H,5-8,11-12H2,1-4H3/t14-,19-,21+/m0/s1. The number of Topliss-reactive ketones (excluding diaryl/α,β-unsaturated/α-hetero) is 1. The minimum atomic E-state index is -1.03. The molecule has 1 heterocycles. The molecule has 3 atom stereocenters. The van der Waals surface area contributed by atoms with Gasteiger partial charge < -0.3 is 14.9 Å². The predicted octanol–water partition coefficient (Wildman–Crippen LogP) is 4.11. The van der Waals surface area contributed by atoms with Gasteiger partial charge in [0.2, 0.25) is 0 Å². The lowest BCUT2D eigenvalue weighted by molar-refractivity contribution is -0.144. The molecule has 25 heavy (non-hydrogen) atoms. The van der Waals surface area contributed by atoms with Crippen molar-refractivity contribution in [1.82, 2.24) is 0 Å². The number of phenolic OH excluding ortho intramolecular Hbond substituents is 1. The summed E-state index contributed by atoms with van der Waals surface area (Å²) in [4.78, 5) is 12.7. The Morgan fingerprint density at radius 3 is 2.64 bits per heavy atom. The fourth-order valence-corrected chi connectivity index (χ4v) is 4.71. The number of carbonyl (C=O) groups excluding carboxylic acids is 1. The predicted molar refractivity (Wildman–Crippen MR) is 97.1 cm³/mol. The van der Waals surface area contributed by atoms with Crippen molar-refractivity contribution in [3.8, 4) is 11.5 Å². The van der Waals surface area contributed by atoms with Gasteiger partial charge in [-0.1, -0.05) is 19.8 Å². The summed E-state index contributed by atoms with van der Waals surface area (Å²) in [6, 6.07) is 3.82. The van der Waals surface area contributed by atoms with Crippen molar-refractivity contribution in [2.24, 2.45) is 5.92 Å². The molecule has 0 spiro atoms. The Morgan fingerprint density at radius 1 is 1.24 bits per heavy atom. The van der Waals surface area contributed by atoms with Crippen LogP contribution >= 0.6 is 0 Å². The van der Waals surface area contributed by atoms with Gasteiger partial charge in [-0.3, -0.25) is 4.79 Å². The maximum absolute atomic E-state index is 12.7. The quantitative estimate of drug-likeness (QED) is 0.805. The molecule has 1 saturated carbocycles. The number of phenols is 1. The van der Waals surface area contributed by atoms with Gasteiger partial charge in [0, 0.05) is 17.9 Å². The van der Waals surface area contributed by atoms with Crippen LogP contribution in [0, 0.1) is 5.92 Å². The van der Waals surface area contributed by atoms with Crippen LogP contribution in [-0.4, -0.2) is 27.2 Å². The number of aryl methyl sites for hydroxylation is 1. The molecular weight excluding hydrogens is 316 g/mol. The summed E-state index contributed by atoms with van der Waals surface area (Å²) in [7, 11) is 0. The highest BCUT2D eigenvalue weighted by Crippen LogP contribution is 2.55. The minimum absolute atomic E-state index is 0.0170. The molecule has 138 valence electrons. The van der Waals surface area contributed by atoms with Gasteiger partial charge >= 0.3 is 0 Å². The van der Waals surface area contributed by atoms with Crippen LogP contribution < -0.4 is 4.74 Å². The molecule has 0 amide bonds. The molecule has 0 unspecified atom stereocenters. The normalized spacial score (nSPS) is 30.4. The Balaban J connectivity index is 2.02. The number of aromatic hydroxyl groups is 1. The van der Waals surface area contributed by atoms with Crippen molar-refractivity contribution in [3.05, 3.63) is 23.3 Å². The zero-order valence-corrected chi connectivity index (χ0v) is 15.8. The number of benzene rings is 1. The second-order valence-corrected chi connectivity index (χ2v) is 8.62. The van der Waals surface area contributed by atoms with E-state index >= 15 is 0 Å². The molecule has 0 aromatic heterocycles. The van der Waals surface area contributed by atoms with Crippen LogP contribution in [0.3, 0.4) is 0 Å². The van der Waals surface area contributed by atoms with Crippen LogP contribution in [0.4, 0.5) is 0 Å². The van der Waals surface area contributed by atoms with Gasteiger partial charge in [-0.15, -0.1) is 0 Å². The zero-order chi connectivity index (χ0) is 18.4. The Hall–Kier alpha value is -1.55. The van der Waals surface area contributed by atoms with Crippen LogP contribution in [0.5, 0.6) is 11.5 Å². The highest BCUT2D eigenvalue weighted by molar-refractivity contribution is 5.86. The number of ketones is 1. The second-order valence-electron chi connectivity index (χ2n) is 8.62. The van der Waals surface area contributed by atoms with E-state index < -0.39 is 11.2 Å². The molecular formula is C21H30O4. The molecule has 2 aliphatic rings. The van der Waals surface area contributed by atoms with Gasteiger partial charge in [-0.25, -0.2) is 0 Å². The fraction of sp³-hybridized carbons (Fsp3) is 0.667. The number of hydrogen-bond acceptors (Lipinski definition) is 4. The van der Waals surface area contributed by atoms with Crippen LogP contribution in [0.25, 0.3) is 0 Å². The van der Waals surface area contributed by atoms with E-state index in [-0.39, 0.29) is 29.8 Å². The van der Waals surface area contributed by atoms with Crippen molar-refractivity contribution in [2.75, 3.05) is 0 Å². The topological polar surface area (TPSA) is 66.8 Å². The maximum Gasteiger partial charge on any atom is 0.143 e. The SMILES string of the molecule is CCCCCc1cc(O)c2c(c1)OC(C)(C)[C@@H]1C(=O)C[C@](C)(O)C[C@@H]21. The zero-order valence-electron chi connectivity index (χ0n) is 15.8. The van der Waals surface area contributed by atoms with Gasteiger partial charge in [0.15, 0.2) is 0 Å². The number of fused-ring (bicyclic) bond motifs is 3. The largest absolute Gasteiger partial charge is 0.508 e. The van der Waals surface area contributed by atoms with E-state index in [1.165, 1.54) is 0 Å². The summed E-state index contributed by atoms with van der Waals surface area (Å²) in [5.74, 6) is 0.336. The van der Waals surface area contributed by atoms with Crippen molar-refractivity contribution < 1.29 is 19.7 Å². The summed E-state index contributed by atoms with van der Waals surface area (Å²) in [5, 5.41) is 21.2. The van der Waals surface area contributed by atoms with E-state index in [9.17, 15) is 15.0 Å². The first-order chi connectivity index (χ1) is 11.6. The molecule has 4 nitrogen and oxygen atoms in total. The minimum Gasteiger partial charge on any atom is -0.508 e. The summed E-state index contributed by atoms with van der Waals surface area (Å²) in [5.41, 5.74) is 0.0827. The van der Waals surface area contributed by atoms with Crippen LogP contribution in [0.15, 0.2) is 12.1 Å². The van der Waals surface area contributed by atoms with E-state index in [2.05, 4.69) is 6.92 Å². The number of aliphatic hydroxyl groups is 1.